The van der Waals surface area contributed by atoms with Gasteiger partial charge in [0, 0.05) is 18.9 Å². The van der Waals surface area contributed by atoms with Crippen LogP contribution in [0.1, 0.15) is 36.4 Å². The first kappa shape index (κ1) is 23.8. The van der Waals surface area contributed by atoms with E-state index in [1.165, 1.54) is 11.1 Å². The van der Waals surface area contributed by atoms with Crippen LogP contribution in [0, 0.1) is 0 Å². The Morgan fingerprint density at radius 1 is 1.08 bits per heavy atom. The second-order valence-electron chi connectivity index (χ2n) is 8.45. The van der Waals surface area contributed by atoms with Crippen LogP contribution < -0.4 is 5.32 Å². The van der Waals surface area contributed by atoms with Crippen LogP contribution in [0.5, 0.6) is 0 Å². The number of halogens is 1. The molecule has 36 heavy (non-hydrogen) atoms. The third kappa shape index (κ3) is 5.18. The van der Waals surface area contributed by atoms with Gasteiger partial charge in [0.15, 0.2) is 17.0 Å². The van der Waals surface area contributed by atoms with Gasteiger partial charge in [-0.25, -0.2) is 9.78 Å². The number of ether oxygens (including phenoxy) is 2. The number of rotatable bonds is 8. The van der Waals surface area contributed by atoms with E-state index >= 15 is 0 Å². The second-order valence-corrected chi connectivity index (χ2v) is 8.79. The van der Waals surface area contributed by atoms with Crippen molar-refractivity contribution in [2.75, 3.05) is 18.5 Å². The van der Waals surface area contributed by atoms with Crippen molar-refractivity contribution in [3.8, 4) is 0 Å². The van der Waals surface area contributed by atoms with Crippen LogP contribution in [-0.2, 0) is 9.47 Å². The van der Waals surface area contributed by atoms with E-state index in [1.807, 2.05) is 53.1 Å². The molecule has 0 radical (unpaired) electrons. The van der Waals surface area contributed by atoms with Gasteiger partial charge in [-0.2, -0.15) is 9.97 Å². The fraction of sp³-hybridized carbons (Fsp3) is 0.259. The molecule has 2 aromatic carbocycles. The van der Waals surface area contributed by atoms with E-state index < -0.39 is 6.16 Å². The molecule has 1 aliphatic carbocycles. The molecule has 0 fully saturated rings. The zero-order chi connectivity index (χ0) is 24.9. The number of aromatic nitrogens is 4. The molecule has 2 atom stereocenters. The minimum absolute atomic E-state index is 0.0883. The number of fused-ring (bicyclic) bond motifs is 1. The molecule has 0 saturated heterocycles. The van der Waals surface area contributed by atoms with Crippen molar-refractivity contribution in [3.63, 3.8) is 0 Å². The molecule has 0 aliphatic heterocycles. The number of hydrogen-bond donors (Lipinski definition) is 1. The highest BCUT2D eigenvalue weighted by molar-refractivity contribution is 6.28. The largest absolute Gasteiger partial charge is 0.508 e. The smallest absolute Gasteiger partial charge is 0.435 e. The summed E-state index contributed by atoms with van der Waals surface area (Å²) in [6, 6.07) is 20.6. The van der Waals surface area contributed by atoms with Crippen molar-refractivity contribution >= 4 is 34.7 Å². The molecule has 4 aromatic rings. The lowest BCUT2D eigenvalue weighted by Crippen LogP contribution is -2.17. The summed E-state index contributed by atoms with van der Waals surface area (Å²) in [4.78, 5) is 25.2. The Bertz CT molecular complexity index is 1320. The number of carbonyl (C=O) groups is 1. The van der Waals surface area contributed by atoms with Gasteiger partial charge in [0.25, 0.3) is 0 Å². The van der Waals surface area contributed by atoms with E-state index in [4.69, 9.17) is 21.1 Å². The normalized spacial score (nSPS) is 17.0. The molecule has 2 aromatic heterocycles. The van der Waals surface area contributed by atoms with Gasteiger partial charge in [0.05, 0.1) is 19.0 Å². The molecule has 1 N–H and O–H groups in total. The summed E-state index contributed by atoms with van der Waals surface area (Å²) in [5.74, 6) is 0.679. The van der Waals surface area contributed by atoms with Gasteiger partial charge in [-0.05, 0) is 35.7 Å². The van der Waals surface area contributed by atoms with E-state index in [0.717, 1.165) is 0 Å². The summed E-state index contributed by atoms with van der Waals surface area (Å²) in [6.07, 6.45) is 5.03. The molecule has 0 saturated carbocycles. The minimum atomic E-state index is -0.675. The first-order chi connectivity index (χ1) is 17.6. The van der Waals surface area contributed by atoms with E-state index in [9.17, 15) is 4.79 Å². The Morgan fingerprint density at radius 2 is 1.78 bits per heavy atom. The minimum Gasteiger partial charge on any atom is -0.435 e. The van der Waals surface area contributed by atoms with Gasteiger partial charge in [0.1, 0.15) is 6.10 Å². The number of nitrogens with zero attached hydrogens (tertiary/aromatic N) is 4. The van der Waals surface area contributed by atoms with Gasteiger partial charge < -0.3 is 19.4 Å². The summed E-state index contributed by atoms with van der Waals surface area (Å²) in [6.45, 7) is 2.61. The molecule has 5 rings (SSSR count). The maximum atomic E-state index is 11.7. The van der Waals surface area contributed by atoms with Crippen LogP contribution in [0.3, 0.4) is 0 Å². The van der Waals surface area contributed by atoms with Gasteiger partial charge in [-0.15, -0.1) is 0 Å². The molecule has 1 aliphatic rings. The first-order valence-corrected chi connectivity index (χ1v) is 12.3. The standard InChI is InChI=1S/C27H26ClN5O3/c1-2-35-27(34)36-21-14-13-20(15-21)33-17-30-23-24(31-26(28)32-25(23)33)29-16-22(18-9-5-3-6-10-18)19-11-7-4-8-12-19/h3-14,17,20-22H,2,15-16H2,1H3,(H,29,31,32)/t20-,21+/m0/s1. The molecule has 184 valence electrons. The third-order valence-electron chi connectivity index (χ3n) is 6.16. The van der Waals surface area contributed by atoms with Crippen LogP contribution >= 0.6 is 11.6 Å². The molecule has 0 bridgehead atoms. The lowest BCUT2D eigenvalue weighted by molar-refractivity contribution is 0.0387. The topological polar surface area (TPSA) is 91.2 Å². The van der Waals surface area contributed by atoms with Crippen LogP contribution in [0.2, 0.25) is 5.28 Å². The number of anilines is 1. The quantitative estimate of drug-likeness (QED) is 0.185. The number of hydrogen-bond acceptors (Lipinski definition) is 7. The molecule has 0 unspecified atom stereocenters. The molecule has 0 amide bonds. The number of allylic oxidation sites excluding steroid dienone is 1. The SMILES string of the molecule is CCOC(=O)O[C@@H]1C=C[C@H](n2cnc3c(NCC(c4ccccc4)c4ccccc4)nc(Cl)nc32)C1. The van der Waals surface area contributed by atoms with Crippen molar-refractivity contribution in [3.05, 3.63) is 95.6 Å². The number of nitrogens with one attached hydrogen (secondary N) is 1. The highest BCUT2D eigenvalue weighted by Crippen LogP contribution is 2.31. The van der Waals surface area contributed by atoms with E-state index in [0.29, 0.717) is 29.9 Å². The van der Waals surface area contributed by atoms with Crippen molar-refractivity contribution in [1.82, 2.24) is 19.5 Å². The first-order valence-electron chi connectivity index (χ1n) is 11.9. The van der Waals surface area contributed by atoms with Crippen LogP contribution in [0.4, 0.5) is 10.6 Å². The highest BCUT2D eigenvalue weighted by Gasteiger charge is 2.26. The van der Waals surface area contributed by atoms with Crippen LogP contribution in [0.15, 0.2) is 79.1 Å². The average molecular weight is 504 g/mol. The molecule has 9 heteroatoms. The van der Waals surface area contributed by atoms with Gasteiger partial charge >= 0.3 is 6.16 Å². The van der Waals surface area contributed by atoms with Crippen LogP contribution in [0.25, 0.3) is 11.2 Å². The van der Waals surface area contributed by atoms with E-state index in [-0.39, 0.29) is 30.0 Å². The Balaban J connectivity index is 1.38. The summed E-state index contributed by atoms with van der Waals surface area (Å²) >= 11 is 6.33. The zero-order valence-electron chi connectivity index (χ0n) is 19.8. The Hall–Kier alpha value is -3.91. The number of benzene rings is 2. The van der Waals surface area contributed by atoms with Crippen molar-refractivity contribution < 1.29 is 14.3 Å². The highest BCUT2D eigenvalue weighted by atomic mass is 35.5. The van der Waals surface area contributed by atoms with Crippen LogP contribution in [-0.4, -0.2) is 44.9 Å². The van der Waals surface area contributed by atoms with Gasteiger partial charge in [-0.3, -0.25) is 0 Å². The second kappa shape index (κ2) is 10.8. The fourth-order valence-corrected chi connectivity index (χ4v) is 4.63. The predicted molar refractivity (Wildman–Crippen MR) is 138 cm³/mol. The Labute approximate surface area is 214 Å². The predicted octanol–water partition coefficient (Wildman–Crippen LogP) is 5.77. The third-order valence-corrected chi connectivity index (χ3v) is 6.33. The summed E-state index contributed by atoms with van der Waals surface area (Å²) in [7, 11) is 0. The molecule has 8 nitrogen and oxygen atoms in total. The summed E-state index contributed by atoms with van der Waals surface area (Å²) in [5, 5.41) is 3.59. The van der Waals surface area contributed by atoms with E-state index in [1.54, 1.807) is 13.3 Å². The number of carbonyl (C=O) groups excluding carboxylic acids is 1. The van der Waals surface area contributed by atoms with Gasteiger partial charge in [-0.1, -0.05) is 66.7 Å². The van der Waals surface area contributed by atoms with Crippen molar-refractivity contribution in [1.29, 1.82) is 0 Å². The van der Waals surface area contributed by atoms with Crippen molar-refractivity contribution in [2.45, 2.75) is 31.4 Å². The maximum Gasteiger partial charge on any atom is 0.508 e. The monoisotopic (exact) mass is 503 g/mol. The molecular weight excluding hydrogens is 478 g/mol. The zero-order valence-corrected chi connectivity index (χ0v) is 20.5. The number of imidazole rings is 1. The van der Waals surface area contributed by atoms with Crippen molar-refractivity contribution in [2.24, 2.45) is 0 Å². The lowest BCUT2D eigenvalue weighted by atomic mass is 9.91. The molecule has 2 heterocycles. The Morgan fingerprint density at radius 3 is 2.44 bits per heavy atom. The average Bonchev–Trinajstić information content (AvgIpc) is 3.52. The summed E-state index contributed by atoms with van der Waals surface area (Å²) in [5.41, 5.74) is 3.63. The molecular formula is C27H26ClN5O3. The molecule has 0 spiro atoms. The van der Waals surface area contributed by atoms with Gasteiger partial charge in [0.2, 0.25) is 5.28 Å². The Kier molecular flexibility index (Phi) is 7.13. The summed E-state index contributed by atoms with van der Waals surface area (Å²) < 4.78 is 12.1. The fourth-order valence-electron chi connectivity index (χ4n) is 4.47. The lowest BCUT2D eigenvalue weighted by Gasteiger charge is -2.19. The maximum absolute atomic E-state index is 11.7. The van der Waals surface area contributed by atoms with E-state index in [2.05, 4.69) is 44.5 Å².